The number of rotatable bonds is 6. The van der Waals surface area contributed by atoms with Crippen molar-refractivity contribution in [3.63, 3.8) is 0 Å². The largest absolute Gasteiger partial charge is 0.482 e. The third-order valence-electron chi connectivity index (χ3n) is 3.31. The lowest BCUT2D eigenvalue weighted by molar-refractivity contribution is -0.156. The van der Waals surface area contributed by atoms with Crippen LogP contribution < -0.4 is 10.1 Å². The maximum atomic E-state index is 11.8. The van der Waals surface area contributed by atoms with E-state index in [0.717, 1.165) is 18.2 Å². The number of benzene rings is 1. The van der Waals surface area contributed by atoms with Gasteiger partial charge in [-0.05, 0) is 37.0 Å². The Kier molecular flexibility index (Phi) is 7.23. The second-order valence-corrected chi connectivity index (χ2v) is 5.58. The summed E-state index contributed by atoms with van der Waals surface area (Å²) in [5.41, 5.74) is 1.98. The number of aryl methyl sites for hydroxylation is 1. The quantitative estimate of drug-likeness (QED) is 0.801. The Bertz CT molecular complexity index is 611. The first-order chi connectivity index (χ1) is 11.2. The molecule has 0 bridgehead atoms. The Labute approximate surface area is 141 Å². The maximum absolute atomic E-state index is 11.8. The van der Waals surface area contributed by atoms with Crippen molar-refractivity contribution in [1.82, 2.24) is 5.32 Å². The monoisotopic (exact) mass is 337 g/mol. The van der Waals surface area contributed by atoms with Gasteiger partial charge in [0.25, 0.3) is 5.91 Å². The molecular weight excluding hydrogens is 314 g/mol. The fourth-order valence-corrected chi connectivity index (χ4v) is 1.81. The van der Waals surface area contributed by atoms with Crippen LogP contribution in [0.25, 0.3) is 0 Å². The molecule has 0 aromatic heterocycles. The average molecular weight is 337 g/mol. The number of amides is 2. The molecule has 0 saturated carbocycles. The van der Waals surface area contributed by atoms with E-state index in [0.29, 0.717) is 11.7 Å². The number of nitrogens with one attached hydrogen (secondary N) is 1. The van der Waals surface area contributed by atoms with Gasteiger partial charge in [0.2, 0.25) is 0 Å². The minimum Gasteiger partial charge on any atom is -0.482 e. The number of esters is 1. The molecule has 0 aliphatic carbocycles. The van der Waals surface area contributed by atoms with Gasteiger partial charge in [0.1, 0.15) is 5.75 Å². The molecule has 0 aliphatic rings. The van der Waals surface area contributed by atoms with E-state index in [1.807, 2.05) is 30.4 Å². The van der Waals surface area contributed by atoms with Gasteiger partial charge in [-0.3, -0.25) is 10.1 Å². The van der Waals surface area contributed by atoms with Gasteiger partial charge in [-0.1, -0.05) is 26.0 Å². The van der Waals surface area contributed by atoms with Gasteiger partial charge in [-0.2, -0.15) is 0 Å². The van der Waals surface area contributed by atoms with Crippen molar-refractivity contribution < 1.29 is 28.6 Å². The Morgan fingerprint density at radius 2 is 1.83 bits per heavy atom. The second-order valence-electron chi connectivity index (χ2n) is 5.58. The van der Waals surface area contributed by atoms with Crippen LogP contribution in [0.3, 0.4) is 0 Å². The minimum absolute atomic E-state index is 0.335. The molecule has 7 heteroatoms. The smallest absolute Gasteiger partial charge is 0.413 e. The zero-order valence-electron chi connectivity index (χ0n) is 14.5. The van der Waals surface area contributed by atoms with Gasteiger partial charge >= 0.3 is 12.1 Å². The SMILES string of the molecule is COC(=O)NC(=O)[C@H](C)OC(=O)COc1cc(C(C)C)ccc1C. The van der Waals surface area contributed by atoms with Crippen molar-refractivity contribution in [2.75, 3.05) is 13.7 Å². The van der Waals surface area contributed by atoms with Crippen molar-refractivity contribution in [3.05, 3.63) is 29.3 Å². The van der Waals surface area contributed by atoms with Gasteiger partial charge in [-0.25, -0.2) is 9.59 Å². The molecule has 132 valence electrons. The number of methoxy groups -OCH3 is 1. The van der Waals surface area contributed by atoms with E-state index in [9.17, 15) is 14.4 Å². The summed E-state index contributed by atoms with van der Waals surface area (Å²) < 4.78 is 14.7. The summed E-state index contributed by atoms with van der Waals surface area (Å²) in [7, 11) is 1.13. The molecule has 1 atom stereocenters. The summed E-state index contributed by atoms with van der Waals surface area (Å²) in [5.74, 6) is -0.559. The number of imide groups is 1. The van der Waals surface area contributed by atoms with Gasteiger partial charge in [0.05, 0.1) is 7.11 Å². The topological polar surface area (TPSA) is 90.9 Å². The molecule has 24 heavy (non-hydrogen) atoms. The van der Waals surface area contributed by atoms with E-state index in [1.54, 1.807) is 0 Å². The van der Waals surface area contributed by atoms with Crippen molar-refractivity contribution in [1.29, 1.82) is 0 Å². The zero-order chi connectivity index (χ0) is 18.3. The summed E-state index contributed by atoms with van der Waals surface area (Å²) >= 11 is 0. The molecule has 0 radical (unpaired) electrons. The third-order valence-corrected chi connectivity index (χ3v) is 3.31. The standard InChI is InChI=1S/C17H23NO6/c1-10(2)13-7-6-11(3)14(8-13)23-9-15(19)24-12(4)16(20)18-17(21)22-5/h6-8,10,12H,9H2,1-5H3,(H,18,20,21)/t12-/m0/s1. The number of ether oxygens (including phenoxy) is 3. The van der Waals surface area contributed by atoms with Crippen LogP contribution in [-0.2, 0) is 19.1 Å². The number of carbonyl (C=O) groups is 3. The van der Waals surface area contributed by atoms with Crippen LogP contribution in [0.4, 0.5) is 4.79 Å². The highest BCUT2D eigenvalue weighted by Crippen LogP contribution is 2.24. The molecule has 1 aromatic carbocycles. The first-order valence-corrected chi connectivity index (χ1v) is 7.56. The normalized spacial score (nSPS) is 11.6. The van der Waals surface area contributed by atoms with Crippen LogP contribution in [-0.4, -0.2) is 37.8 Å². The lowest BCUT2D eigenvalue weighted by Gasteiger charge is -2.14. The Hall–Kier alpha value is -2.57. The van der Waals surface area contributed by atoms with E-state index in [-0.39, 0.29) is 6.61 Å². The second kappa shape index (κ2) is 8.90. The molecule has 0 unspecified atom stereocenters. The highest BCUT2D eigenvalue weighted by Gasteiger charge is 2.20. The Morgan fingerprint density at radius 3 is 2.42 bits per heavy atom. The van der Waals surface area contributed by atoms with Crippen LogP contribution >= 0.6 is 0 Å². The molecule has 2 amide bonds. The van der Waals surface area contributed by atoms with Gasteiger partial charge < -0.3 is 14.2 Å². The van der Waals surface area contributed by atoms with Gasteiger partial charge in [-0.15, -0.1) is 0 Å². The third kappa shape index (κ3) is 5.91. The molecule has 0 spiro atoms. The highest BCUT2D eigenvalue weighted by molar-refractivity contribution is 5.95. The van der Waals surface area contributed by atoms with Crippen LogP contribution in [0.5, 0.6) is 5.75 Å². The van der Waals surface area contributed by atoms with Gasteiger partial charge in [0.15, 0.2) is 12.7 Å². The lowest BCUT2D eigenvalue weighted by atomic mass is 10.0. The van der Waals surface area contributed by atoms with Crippen molar-refractivity contribution in [3.8, 4) is 5.75 Å². The lowest BCUT2D eigenvalue weighted by Crippen LogP contribution is -2.40. The van der Waals surface area contributed by atoms with Crippen LogP contribution in [0.15, 0.2) is 18.2 Å². The van der Waals surface area contributed by atoms with Crippen LogP contribution in [0.1, 0.15) is 37.8 Å². The summed E-state index contributed by atoms with van der Waals surface area (Å²) in [5, 5.41) is 1.92. The molecule has 0 aliphatic heterocycles. The Balaban J connectivity index is 2.56. The summed E-state index contributed by atoms with van der Waals surface area (Å²) in [6.45, 7) is 7.00. The molecule has 1 N–H and O–H groups in total. The maximum Gasteiger partial charge on any atom is 0.413 e. The van der Waals surface area contributed by atoms with E-state index in [4.69, 9.17) is 9.47 Å². The predicted octanol–water partition coefficient (Wildman–Crippen LogP) is 2.31. The van der Waals surface area contributed by atoms with Crippen LogP contribution in [0, 0.1) is 6.92 Å². The molecule has 7 nitrogen and oxygen atoms in total. The number of alkyl carbamates (subject to hydrolysis) is 1. The zero-order valence-corrected chi connectivity index (χ0v) is 14.5. The molecular formula is C17H23NO6. The summed E-state index contributed by atoms with van der Waals surface area (Å²) in [4.78, 5) is 34.3. The molecule has 0 fully saturated rings. The predicted molar refractivity (Wildman–Crippen MR) is 86.9 cm³/mol. The van der Waals surface area contributed by atoms with Crippen molar-refractivity contribution in [2.24, 2.45) is 0 Å². The summed E-state index contributed by atoms with van der Waals surface area (Å²) in [6.07, 6.45) is -2.05. The first-order valence-electron chi connectivity index (χ1n) is 7.56. The highest BCUT2D eigenvalue weighted by atomic mass is 16.6. The molecule has 0 heterocycles. The van der Waals surface area contributed by atoms with Crippen molar-refractivity contribution in [2.45, 2.75) is 39.7 Å². The summed E-state index contributed by atoms with van der Waals surface area (Å²) in [6, 6.07) is 5.80. The van der Waals surface area contributed by atoms with E-state index in [2.05, 4.69) is 18.6 Å². The average Bonchev–Trinajstić information content (AvgIpc) is 2.53. The Morgan fingerprint density at radius 1 is 1.17 bits per heavy atom. The van der Waals surface area contributed by atoms with Gasteiger partial charge in [0, 0.05) is 0 Å². The van der Waals surface area contributed by atoms with E-state index < -0.39 is 24.1 Å². The fourth-order valence-electron chi connectivity index (χ4n) is 1.81. The minimum atomic E-state index is -1.14. The number of hydrogen-bond acceptors (Lipinski definition) is 6. The number of hydrogen-bond donors (Lipinski definition) is 1. The fraction of sp³-hybridized carbons (Fsp3) is 0.471. The molecule has 1 rings (SSSR count). The number of carbonyl (C=O) groups excluding carboxylic acids is 3. The first kappa shape index (κ1) is 19.5. The van der Waals surface area contributed by atoms with Crippen LogP contribution in [0.2, 0.25) is 0 Å². The van der Waals surface area contributed by atoms with Crippen molar-refractivity contribution >= 4 is 18.0 Å². The van der Waals surface area contributed by atoms with E-state index >= 15 is 0 Å². The van der Waals surface area contributed by atoms with E-state index in [1.165, 1.54) is 6.92 Å². The molecule has 1 aromatic rings. The molecule has 0 saturated heterocycles.